The van der Waals surface area contributed by atoms with Gasteiger partial charge < -0.3 is 21.3 Å². The highest BCUT2D eigenvalue weighted by molar-refractivity contribution is 6.08. The average molecular weight is 461 g/mol. The fourth-order valence-electron chi connectivity index (χ4n) is 3.44. The maximum absolute atomic E-state index is 13.1. The Morgan fingerprint density at radius 1 is 1.00 bits per heavy atom. The third kappa shape index (κ3) is 6.18. The summed E-state index contributed by atoms with van der Waals surface area (Å²) in [6, 6.07) is 8.48. The lowest BCUT2D eigenvalue weighted by Gasteiger charge is -2.25. The summed E-state index contributed by atoms with van der Waals surface area (Å²) in [6.07, 6.45) is 10.2. The molecule has 4 rings (SSSR count). The third-order valence-corrected chi connectivity index (χ3v) is 5.49. The molecule has 0 unspecified atom stereocenters. The van der Waals surface area contributed by atoms with E-state index in [0.717, 1.165) is 18.3 Å². The van der Waals surface area contributed by atoms with Crippen LogP contribution < -0.4 is 26.6 Å². The van der Waals surface area contributed by atoms with Crippen molar-refractivity contribution in [2.24, 2.45) is 5.92 Å². The van der Waals surface area contributed by atoms with Crippen molar-refractivity contribution in [2.75, 3.05) is 34.4 Å². The van der Waals surface area contributed by atoms with Crippen molar-refractivity contribution in [3.63, 3.8) is 0 Å². The molecule has 34 heavy (non-hydrogen) atoms. The summed E-state index contributed by atoms with van der Waals surface area (Å²) in [5, 5.41) is 14.7. The molecule has 1 aliphatic carbocycles. The van der Waals surface area contributed by atoms with Crippen LogP contribution in [-0.2, 0) is 0 Å². The Balaban J connectivity index is 1.48. The number of nitrogens with one attached hydrogen (secondary N) is 5. The first-order valence-electron chi connectivity index (χ1n) is 11.3. The van der Waals surface area contributed by atoms with Crippen LogP contribution in [0.5, 0.6) is 0 Å². The van der Waals surface area contributed by atoms with E-state index in [9.17, 15) is 9.59 Å². The molecule has 3 aromatic rings. The van der Waals surface area contributed by atoms with Crippen molar-refractivity contribution in [3.8, 4) is 0 Å². The van der Waals surface area contributed by atoms with Gasteiger partial charge in [0.1, 0.15) is 11.6 Å². The summed E-state index contributed by atoms with van der Waals surface area (Å²) in [4.78, 5) is 37.6. The van der Waals surface area contributed by atoms with Gasteiger partial charge >= 0.3 is 6.03 Å². The van der Waals surface area contributed by atoms with Crippen LogP contribution in [0.2, 0.25) is 0 Å². The molecule has 0 spiro atoms. The quantitative estimate of drug-likeness (QED) is 0.323. The van der Waals surface area contributed by atoms with Gasteiger partial charge in [0.25, 0.3) is 5.91 Å². The normalized spacial score (nSPS) is 12.9. The minimum atomic E-state index is -0.378. The van der Waals surface area contributed by atoms with Crippen LogP contribution in [0, 0.1) is 5.92 Å². The number of pyridine rings is 3. The second-order valence-electron chi connectivity index (χ2n) is 8.03. The lowest BCUT2D eigenvalue weighted by molar-refractivity contribution is 0.102. The molecule has 1 fully saturated rings. The SMILES string of the molecule is CCNC(=O)Nc1cc(Nc2cccnc2)c(C(=O)Nc2ccc(NCC3CCC3)nc2)cn1. The van der Waals surface area contributed by atoms with Gasteiger partial charge in [-0.15, -0.1) is 0 Å². The number of urea groups is 1. The zero-order valence-electron chi connectivity index (χ0n) is 19.0. The van der Waals surface area contributed by atoms with Crippen molar-refractivity contribution in [2.45, 2.75) is 26.2 Å². The maximum atomic E-state index is 13.1. The van der Waals surface area contributed by atoms with Crippen molar-refractivity contribution in [3.05, 3.63) is 60.7 Å². The Morgan fingerprint density at radius 2 is 1.85 bits per heavy atom. The largest absolute Gasteiger partial charge is 0.370 e. The summed E-state index contributed by atoms with van der Waals surface area (Å²) >= 11 is 0. The summed E-state index contributed by atoms with van der Waals surface area (Å²) in [7, 11) is 0. The molecule has 0 radical (unpaired) electrons. The van der Waals surface area contributed by atoms with E-state index in [-0.39, 0.29) is 11.9 Å². The summed E-state index contributed by atoms with van der Waals surface area (Å²) in [5.41, 5.74) is 2.03. The van der Waals surface area contributed by atoms with Crippen LogP contribution in [0.1, 0.15) is 36.5 Å². The monoisotopic (exact) mass is 460 g/mol. The van der Waals surface area contributed by atoms with E-state index in [1.54, 1.807) is 36.8 Å². The Kier molecular flexibility index (Phi) is 7.49. The predicted molar refractivity (Wildman–Crippen MR) is 132 cm³/mol. The Labute approximate surface area is 198 Å². The number of aromatic nitrogens is 3. The molecule has 3 amide bonds. The average Bonchev–Trinajstić information content (AvgIpc) is 2.80. The fraction of sp³-hybridized carbons (Fsp3) is 0.292. The van der Waals surface area contributed by atoms with E-state index in [1.807, 2.05) is 19.1 Å². The molecule has 0 bridgehead atoms. The number of carbonyl (C=O) groups excluding carboxylic acids is 2. The van der Waals surface area contributed by atoms with Crippen molar-refractivity contribution < 1.29 is 9.59 Å². The standard InChI is InChI=1S/C24H28N8O2/c1-2-26-24(34)32-22-11-20(30-17-7-4-10-25-13-17)19(15-29-22)23(33)31-18-8-9-21(28-14-18)27-12-16-5-3-6-16/h4,7-11,13-16H,2-3,5-6,12H2,1H3,(H,27,28)(H,31,33)(H3,26,29,30,32,34). The first kappa shape index (κ1) is 23.0. The molecule has 10 nitrogen and oxygen atoms in total. The molecule has 0 atom stereocenters. The van der Waals surface area contributed by atoms with Gasteiger partial charge in [-0.2, -0.15) is 0 Å². The maximum Gasteiger partial charge on any atom is 0.320 e. The molecule has 0 aromatic carbocycles. The molecule has 1 saturated carbocycles. The Hall–Kier alpha value is -4.21. The highest BCUT2D eigenvalue weighted by Crippen LogP contribution is 2.27. The number of amides is 3. The van der Waals surface area contributed by atoms with Gasteiger partial charge in [-0.05, 0) is 49.9 Å². The van der Waals surface area contributed by atoms with E-state index < -0.39 is 0 Å². The minimum absolute atomic E-state index is 0.303. The van der Waals surface area contributed by atoms with Crippen molar-refractivity contribution in [1.29, 1.82) is 0 Å². The zero-order chi connectivity index (χ0) is 23.8. The summed E-state index contributed by atoms with van der Waals surface area (Å²) < 4.78 is 0. The lowest BCUT2D eigenvalue weighted by Crippen LogP contribution is -2.28. The highest BCUT2D eigenvalue weighted by Gasteiger charge is 2.17. The first-order valence-corrected chi connectivity index (χ1v) is 11.3. The van der Waals surface area contributed by atoms with Crippen LogP contribution in [0.25, 0.3) is 0 Å². The van der Waals surface area contributed by atoms with E-state index >= 15 is 0 Å². The number of hydrogen-bond acceptors (Lipinski definition) is 7. The summed E-state index contributed by atoms with van der Waals surface area (Å²) in [6.45, 7) is 3.22. The zero-order valence-corrected chi connectivity index (χ0v) is 19.0. The molecule has 10 heteroatoms. The topological polar surface area (TPSA) is 133 Å². The smallest absolute Gasteiger partial charge is 0.320 e. The molecule has 3 aromatic heterocycles. The van der Waals surface area contributed by atoms with E-state index in [0.29, 0.717) is 35.0 Å². The number of rotatable bonds is 9. The van der Waals surface area contributed by atoms with Gasteiger partial charge in [-0.1, -0.05) is 6.42 Å². The molecule has 176 valence electrons. The lowest BCUT2D eigenvalue weighted by atomic mass is 9.85. The van der Waals surface area contributed by atoms with E-state index in [2.05, 4.69) is 41.5 Å². The third-order valence-electron chi connectivity index (χ3n) is 5.49. The van der Waals surface area contributed by atoms with Gasteiger partial charge in [-0.25, -0.2) is 14.8 Å². The van der Waals surface area contributed by atoms with Gasteiger partial charge in [0.05, 0.1) is 35.0 Å². The van der Waals surface area contributed by atoms with Crippen molar-refractivity contribution >= 4 is 40.6 Å². The molecule has 1 aliphatic rings. The molecular weight excluding hydrogens is 432 g/mol. The van der Waals surface area contributed by atoms with E-state index in [1.165, 1.54) is 25.5 Å². The van der Waals surface area contributed by atoms with Crippen molar-refractivity contribution in [1.82, 2.24) is 20.3 Å². The van der Waals surface area contributed by atoms with Gasteiger partial charge in [0.2, 0.25) is 0 Å². The number of anilines is 5. The van der Waals surface area contributed by atoms with Gasteiger partial charge in [0, 0.05) is 31.5 Å². The number of nitrogens with zero attached hydrogens (tertiary/aromatic N) is 3. The molecule has 0 aliphatic heterocycles. The second-order valence-corrected chi connectivity index (χ2v) is 8.03. The van der Waals surface area contributed by atoms with Crippen LogP contribution in [0.15, 0.2) is 55.1 Å². The molecule has 5 N–H and O–H groups in total. The van der Waals surface area contributed by atoms with Gasteiger partial charge in [-0.3, -0.25) is 15.1 Å². The fourth-order valence-corrected chi connectivity index (χ4v) is 3.44. The number of carbonyl (C=O) groups is 2. The second kappa shape index (κ2) is 11.1. The Bertz CT molecular complexity index is 1120. The van der Waals surface area contributed by atoms with Crippen LogP contribution >= 0.6 is 0 Å². The minimum Gasteiger partial charge on any atom is -0.370 e. The van der Waals surface area contributed by atoms with Crippen LogP contribution in [0.3, 0.4) is 0 Å². The van der Waals surface area contributed by atoms with Crippen LogP contribution in [-0.4, -0.2) is 40.0 Å². The summed E-state index contributed by atoms with van der Waals surface area (Å²) in [5.74, 6) is 1.45. The Morgan fingerprint density at radius 3 is 2.53 bits per heavy atom. The number of hydrogen-bond donors (Lipinski definition) is 5. The molecular formula is C24H28N8O2. The van der Waals surface area contributed by atoms with E-state index in [4.69, 9.17) is 0 Å². The first-order chi connectivity index (χ1) is 16.6. The molecule has 3 heterocycles. The molecule has 0 saturated heterocycles. The predicted octanol–water partition coefficient (Wildman–Crippen LogP) is 4.22. The van der Waals surface area contributed by atoms with Gasteiger partial charge in [0.15, 0.2) is 0 Å². The highest BCUT2D eigenvalue weighted by atomic mass is 16.2. The van der Waals surface area contributed by atoms with Crippen LogP contribution in [0.4, 0.5) is 33.5 Å².